The Hall–Kier alpha value is -5.78. The number of alkyl carbamates (subject to hydrolysis) is 1. The third-order valence-corrected chi connectivity index (χ3v) is 10.7. The van der Waals surface area contributed by atoms with Gasteiger partial charge in [-0.1, -0.05) is 74.5 Å². The summed E-state index contributed by atoms with van der Waals surface area (Å²) in [5, 5.41) is 15.2. The van der Waals surface area contributed by atoms with E-state index in [1.54, 1.807) is 0 Å². The molecule has 2 aliphatic heterocycles. The number of anilines is 2. The second kappa shape index (κ2) is 24.9. The smallest absolute Gasteiger partial charge is 0.410 e. The van der Waals surface area contributed by atoms with E-state index in [9.17, 15) is 15.0 Å². The van der Waals surface area contributed by atoms with Gasteiger partial charge in [-0.25, -0.2) is 9.59 Å². The molecule has 2 saturated heterocycles. The van der Waals surface area contributed by atoms with Crippen LogP contribution in [0.3, 0.4) is 0 Å². The number of hydrogen-bond acceptors (Lipinski definition) is 10. The second-order valence-electron chi connectivity index (χ2n) is 18.0. The monoisotopic (exact) mass is 879 g/mol. The lowest BCUT2D eigenvalue weighted by atomic mass is 9.82. The highest BCUT2D eigenvalue weighted by molar-refractivity contribution is 6.15. The lowest BCUT2D eigenvalue weighted by Crippen LogP contribution is -2.42. The summed E-state index contributed by atoms with van der Waals surface area (Å²) in [4.78, 5) is 32.3. The Labute approximate surface area is 382 Å². The van der Waals surface area contributed by atoms with E-state index in [0.717, 1.165) is 79.9 Å². The van der Waals surface area contributed by atoms with Crippen LogP contribution < -0.4 is 25.0 Å². The van der Waals surface area contributed by atoms with Crippen LogP contribution in [0.1, 0.15) is 117 Å². The van der Waals surface area contributed by atoms with E-state index < -0.39 is 5.60 Å². The fraction of sp³-hybridized carbons (Fsp3) is 0.500. The third kappa shape index (κ3) is 16.7. The highest BCUT2D eigenvalue weighted by Crippen LogP contribution is 2.34. The van der Waals surface area contributed by atoms with Gasteiger partial charge in [0.1, 0.15) is 24.4 Å². The molecule has 1 aromatic heterocycles. The third-order valence-electron chi connectivity index (χ3n) is 10.7. The number of aromatic nitrogens is 1. The van der Waals surface area contributed by atoms with Crippen LogP contribution >= 0.6 is 0 Å². The predicted octanol–water partition coefficient (Wildman–Crippen LogP) is 11.5. The molecule has 64 heavy (non-hydrogen) atoms. The minimum atomic E-state index is -0.457. The molecule has 4 aromatic rings. The summed E-state index contributed by atoms with van der Waals surface area (Å²) in [5.74, 6) is 2.18. The van der Waals surface area contributed by atoms with Crippen molar-refractivity contribution in [1.82, 2.24) is 15.2 Å². The van der Waals surface area contributed by atoms with Crippen LogP contribution in [-0.4, -0.2) is 78.8 Å². The molecule has 0 unspecified atom stereocenters. The number of hydrogen-bond donors (Lipinski definition) is 3. The van der Waals surface area contributed by atoms with Crippen molar-refractivity contribution in [3.05, 3.63) is 113 Å². The normalized spacial score (nSPS) is 14.5. The van der Waals surface area contributed by atoms with Crippen LogP contribution in [0.4, 0.5) is 21.0 Å². The summed E-state index contributed by atoms with van der Waals surface area (Å²) < 4.78 is 22.8. The molecule has 0 atom stereocenters. The van der Waals surface area contributed by atoms with E-state index >= 15 is 0 Å². The maximum absolute atomic E-state index is 12.5. The maximum Gasteiger partial charge on any atom is 0.410 e. The van der Waals surface area contributed by atoms with Crippen LogP contribution in [0.25, 0.3) is 0 Å². The summed E-state index contributed by atoms with van der Waals surface area (Å²) in [6.45, 7) is 22.0. The van der Waals surface area contributed by atoms with E-state index in [1.807, 2.05) is 153 Å². The van der Waals surface area contributed by atoms with Gasteiger partial charge in [-0.3, -0.25) is 5.41 Å². The Morgan fingerprint density at radius 2 is 1.25 bits per heavy atom. The lowest BCUT2D eigenvalue weighted by molar-refractivity contribution is 0.0173. The summed E-state index contributed by atoms with van der Waals surface area (Å²) in [5.41, 5.74) is 4.98. The molecule has 0 saturated carbocycles. The quantitative estimate of drug-likeness (QED) is 0.112. The van der Waals surface area contributed by atoms with Crippen molar-refractivity contribution in [2.75, 3.05) is 50.0 Å². The van der Waals surface area contributed by atoms with Gasteiger partial charge in [0.05, 0.1) is 11.3 Å². The first-order valence-electron chi connectivity index (χ1n) is 23.1. The number of rotatable bonds is 13. The van der Waals surface area contributed by atoms with Gasteiger partial charge in [0.2, 0.25) is 11.8 Å². The van der Waals surface area contributed by atoms with Crippen molar-refractivity contribution < 1.29 is 28.5 Å². The van der Waals surface area contributed by atoms with E-state index in [-0.39, 0.29) is 17.8 Å². The Morgan fingerprint density at radius 3 is 1.78 bits per heavy atom. The summed E-state index contributed by atoms with van der Waals surface area (Å²) in [6.07, 6.45) is 5.11. The zero-order chi connectivity index (χ0) is 46.7. The van der Waals surface area contributed by atoms with E-state index in [0.29, 0.717) is 54.6 Å². The molecule has 12 heteroatoms. The second-order valence-corrected chi connectivity index (χ2v) is 18.0. The summed E-state index contributed by atoms with van der Waals surface area (Å²) >= 11 is 0. The Kier molecular flexibility index (Phi) is 19.8. The molecule has 0 radical (unpaired) electrons. The topological polar surface area (TPSA) is 138 Å². The molecule has 6 rings (SSSR count). The Balaban J connectivity index is 0.000000661. The molecule has 2 amide bonds. The molecule has 3 N–H and O–H groups in total. The average molecular weight is 879 g/mol. The highest BCUT2D eigenvalue weighted by atomic mass is 16.6. The molecule has 0 spiro atoms. The van der Waals surface area contributed by atoms with Crippen molar-refractivity contribution in [2.24, 2.45) is 11.8 Å². The largest absolute Gasteiger partial charge is 0.473 e. The van der Waals surface area contributed by atoms with Gasteiger partial charge in [-0.2, -0.15) is 4.98 Å². The van der Waals surface area contributed by atoms with Gasteiger partial charge in [0.25, 0.3) is 0 Å². The Morgan fingerprint density at radius 1 is 0.719 bits per heavy atom. The molecule has 0 bridgehead atoms. The molecule has 3 heterocycles. The number of pyridine rings is 1. The van der Waals surface area contributed by atoms with Crippen LogP contribution in [-0.2, 0) is 22.7 Å². The van der Waals surface area contributed by atoms with Gasteiger partial charge < -0.3 is 39.4 Å². The van der Waals surface area contributed by atoms with Crippen molar-refractivity contribution in [1.29, 1.82) is 5.41 Å². The first kappa shape index (κ1) is 50.9. The maximum atomic E-state index is 12.5. The Bertz CT molecular complexity index is 2030. The fourth-order valence-electron chi connectivity index (χ4n) is 7.59. The van der Waals surface area contributed by atoms with Crippen molar-refractivity contribution in [2.45, 2.75) is 119 Å². The molecule has 0 aliphatic carbocycles. The first-order valence-corrected chi connectivity index (χ1v) is 23.1. The predicted molar refractivity (Wildman–Crippen MR) is 259 cm³/mol. The number of carbonyl (C=O) groups is 2. The van der Waals surface area contributed by atoms with Crippen LogP contribution in [0.2, 0.25) is 0 Å². The lowest BCUT2D eigenvalue weighted by Gasteiger charge is -2.38. The summed E-state index contributed by atoms with van der Waals surface area (Å²) in [6, 6.07) is 30.0. The number of nitrogens with one attached hydrogen (secondary N) is 3. The molecular weight excluding hydrogens is 805 g/mol. The zero-order valence-electron chi connectivity index (χ0n) is 40.1. The van der Waals surface area contributed by atoms with E-state index in [2.05, 4.69) is 27.7 Å². The van der Waals surface area contributed by atoms with Gasteiger partial charge in [0, 0.05) is 62.8 Å². The first-order chi connectivity index (χ1) is 30.6. The van der Waals surface area contributed by atoms with Gasteiger partial charge in [0.15, 0.2) is 0 Å². The number of nitrogens with zero attached hydrogens (tertiary/aromatic N) is 3. The van der Waals surface area contributed by atoms with E-state index in [4.69, 9.17) is 23.9 Å². The summed E-state index contributed by atoms with van der Waals surface area (Å²) in [7, 11) is 1.90. The SMILES string of the molecule is CC.CCNC(=O)OC(C)(C)C.CNc1cc(N2CCC(CC3CCN(C(=O)OC(C)(C)C)CC3)CC2)ccc1C(=N)c1ccc(OCc2ccccc2)nc1OCc1ccccc1. The molecule has 3 aromatic carbocycles. The number of carbonyl (C=O) groups excluding carboxylic acids is 2. The number of amides is 2. The van der Waals surface area contributed by atoms with Crippen molar-refractivity contribution in [3.8, 4) is 11.8 Å². The average Bonchev–Trinajstić information content (AvgIpc) is 3.28. The molecular formula is C52H74N6O6. The van der Waals surface area contributed by atoms with Gasteiger partial charge >= 0.3 is 12.2 Å². The number of likely N-dealkylation sites (tertiary alicyclic amines) is 1. The number of ether oxygens (including phenoxy) is 4. The van der Waals surface area contributed by atoms with Crippen LogP contribution in [0, 0.1) is 17.2 Å². The van der Waals surface area contributed by atoms with Crippen LogP contribution in [0.15, 0.2) is 91.0 Å². The standard InChI is InChI=1S/C43H53N5O4.C7H15NO2.C2H6/c1-43(2,3)52-42(49)48-25-21-32(22-26-48)27-31-19-23-47(24-20-31)35-15-16-36(38(28-35)45-4)40(44)37-17-18-39(50-29-33-11-7-5-8-12-33)46-41(37)51-30-34-13-9-6-10-14-34;1-5-8-6(9)10-7(2,3)4;1-2/h5-18,28,31-32,44-45H,19-27,29-30H2,1-4H3;5H2,1-4H3,(H,8,9);1-2H3. The number of piperidine rings is 2. The minimum absolute atomic E-state index is 0.183. The zero-order valence-corrected chi connectivity index (χ0v) is 40.1. The fourth-order valence-corrected chi connectivity index (χ4v) is 7.59. The van der Waals surface area contributed by atoms with Crippen molar-refractivity contribution >= 4 is 29.3 Å². The molecule has 2 aliphatic rings. The highest BCUT2D eigenvalue weighted by Gasteiger charge is 2.30. The van der Waals surface area contributed by atoms with Gasteiger partial charge in [-0.05, 0) is 128 Å². The minimum Gasteiger partial charge on any atom is -0.473 e. The molecule has 12 nitrogen and oxygen atoms in total. The molecule has 2 fully saturated rings. The van der Waals surface area contributed by atoms with Crippen molar-refractivity contribution in [3.63, 3.8) is 0 Å². The van der Waals surface area contributed by atoms with Crippen LogP contribution in [0.5, 0.6) is 11.8 Å². The van der Waals surface area contributed by atoms with E-state index in [1.165, 1.54) is 6.42 Å². The van der Waals surface area contributed by atoms with Gasteiger partial charge in [-0.15, -0.1) is 0 Å². The number of benzene rings is 3. The molecule has 348 valence electrons.